The van der Waals surface area contributed by atoms with Crippen LogP contribution in [-0.4, -0.2) is 59.4 Å². The lowest BCUT2D eigenvalue weighted by Crippen LogP contribution is -3.15. The Kier molecular flexibility index (Phi) is 5.51. The van der Waals surface area contributed by atoms with Gasteiger partial charge in [-0.25, -0.2) is 23.0 Å². The van der Waals surface area contributed by atoms with Crippen LogP contribution >= 0.6 is 0 Å². The Morgan fingerprint density at radius 3 is 2.76 bits per heavy atom. The molecule has 0 radical (unpaired) electrons. The average Bonchev–Trinajstić information content (AvgIpc) is 2.48. The van der Waals surface area contributed by atoms with E-state index >= 15 is 0 Å². The second kappa shape index (κ2) is 7.17. The normalized spacial score (nSPS) is 17.1. The van der Waals surface area contributed by atoms with Crippen molar-refractivity contribution in [2.75, 3.05) is 50.8 Å². The van der Waals surface area contributed by atoms with Crippen LogP contribution < -0.4 is 19.5 Å². The Hall–Kier alpha value is -1.22. The van der Waals surface area contributed by atoms with Crippen LogP contribution in [0.15, 0.2) is 23.2 Å². The summed E-state index contributed by atoms with van der Waals surface area (Å²) in [6.45, 7) is 6.39. The van der Waals surface area contributed by atoms with Gasteiger partial charge < -0.3 is 10.0 Å². The lowest BCUT2D eigenvalue weighted by atomic mass is 10.3. The van der Waals surface area contributed by atoms with E-state index in [1.54, 1.807) is 25.3 Å². The zero-order chi connectivity index (χ0) is 15.3. The van der Waals surface area contributed by atoms with Gasteiger partial charge in [-0.2, -0.15) is 0 Å². The van der Waals surface area contributed by atoms with E-state index < -0.39 is 10.0 Å². The molecule has 0 saturated carbocycles. The van der Waals surface area contributed by atoms with Gasteiger partial charge in [0.2, 0.25) is 10.0 Å². The zero-order valence-electron chi connectivity index (χ0n) is 12.3. The highest BCUT2D eigenvalue weighted by Gasteiger charge is 2.31. The number of hydrogen-bond donors (Lipinski definition) is 3. The molecule has 118 valence electrons. The van der Waals surface area contributed by atoms with Crippen molar-refractivity contribution < 1.29 is 23.4 Å². The average molecular weight is 316 g/mol. The van der Waals surface area contributed by atoms with Crippen LogP contribution in [-0.2, 0) is 10.0 Å². The largest absolute Gasteiger partial charge is 0.391 e. The van der Waals surface area contributed by atoms with E-state index in [1.807, 2.05) is 0 Å². The molecule has 0 aliphatic carbocycles. The van der Waals surface area contributed by atoms with Crippen molar-refractivity contribution in [3.05, 3.63) is 18.3 Å². The highest BCUT2D eigenvalue weighted by Crippen LogP contribution is 2.19. The van der Waals surface area contributed by atoms with Gasteiger partial charge in [0.1, 0.15) is 32.7 Å². The van der Waals surface area contributed by atoms with Crippen molar-refractivity contribution >= 4 is 15.8 Å². The standard InChI is InChI=1S/C13H22N4O3S/c1-2-15-21(19,20)12-4-3-5-14-13(12)17-8-6-16(7-9-17)10-11-18/h3-5,15,18H,2,6-11H2,1H3/p+2. The van der Waals surface area contributed by atoms with Gasteiger partial charge in [-0.05, 0) is 12.1 Å². The number of quaternary nitrogens is 1. The van der Waals surface area contributed by atoms with Crippen LogP contribution in [0.1, 0.15) is 6.92 Å². The van der Waals surface area contributed by atoms with Gasteiger partial charge in [0.15, 0.2) is 4.90 Å². The second-order valence-corrected chi connectivity index (χ2v) is 6.83. The third kappa shape index (κ3) is 3.91. The van der Waals surface area contributed by atoms with Crippen LogP contribution in [0.2, 0.25) is 0 Å². The van der Waals surface area contributed by atoms with Crippen molar-refractivity contribution in [1.82, 2.24) is 4.72 Å². The summed E-state index contributed by atoms with van der Waals surface area (Å²) in [5, 5.41) is 8.98. The Labute approximate surface area is 125 Å². The van der Waals surface area contributed by atoms with Crippen molar-refractivity contribution in [3.8, 4) is 0 Å². The number of piperazine rings is 1. The van der Waals surface area contributed by atoms with Crippen LogP contribution in [0.3, 0.4) is 0 Å². The molecular weight excluding hydrogens is 292 g/mol. The number of aromatic nitrogens is 1. The fraction of sp³-hybridized carbons (Fsp3) is 0.615. The number of sulfonamides is 1. The summed E-state index contributed by atoms with van der Waals surface area (Å²) in [6, 6.07) is 3.32. The third-order valence-electron chi connectivity index (χ3n) is 3.67. The number of rotatable bonds is 6. The molecule has 0 atom stereocenters. The minimum atomic E-state index is -3.48. The molecule has 21 heavy (non-hydrogen) atoms. The number of aromatic amines is 1. The van der Waals surface area contributed by atoms with Crippen LogP contribution in [0.5, 0.6) is 0 Å². The first-order valence-electron chi connectivity index (χ1n) is 7.28. The monoisotopic (exact) mass is 316 g/mol. The molecule has 7 nitrogen and oxygen atoms in total. The maximum Gasteiger partial charge on any atom is 0.295 e. The fourth-order valence-corrected chi connectivity index (χ4v) is 3.83. The summed E-state index contributed by atoms with van der Waals surface area (Å²) in [7, 11) is -3.48. The Balaban J connectivity index is 2.18. The number of H-pyrrole nitrogens is 1. The molecule has 1 aliphatic heterocycles. The number of pyridine rings is 1. The zero-order valence-corrected chi connectivity index (χ0v) is 13.1. The second-order valence-electron chi connectivity index (χ2n) is 5.09. The van der Waals surface area contributed by atoms with Crippen molar-refractivity contribution in [2.45, 2.75) is 11.8 Å². The van der Waals surface area contributed by atoms with Crippen molar-refractivity contribution in [1.29, 1.82) is 0 Å². The molecule has 4 N–H and O–H groups in total. The molecule has 2 rings (SSSR count). The Morgan fingerprint density at radius 2 is 2.14 bits per heavy atom. The van der Waals surface area contributed by atoms with Gasteiger partial charge in [0.25, 0.3) is 5.82 Å². The highest BCUT2D eigenvalue weighted by atomic mass is 32.2. The van der Waals surface area contributed by atoms with Gasteiger partial charge in [0, 0.05) is 6.54 Å². The van der Waals surface area contributed by atoms with Gasteiger partial charge in [0.05, 0.1) is 12.8 Å². The minimum Gasteiger partial charge on any atom is -0.391 e. The smallest absolute Gasteiger partial charge is 0.295 e. The third-order valence-corrected chi connectivity index (χ3v) is 5.25. The summed E-state index contributed by atoms with van der Waals surface area (Å²) in [4.78, 5) is 6.76. The summed E-state index contributed by atoms with van der Waals surface area (Å²) in [6.07, 6.45) is 1.74. The quantitative estimate of drug-likeness (QED) is 0.541. The Morgan fingerprint density at radius 1 is 1.43 bits per heavy atom. The molecule has 1 fully saturated rings. The van der Waals surface area contributed by atoms with E-state index in [0.29, 0.717) is 12.4 Å². The number of hydrogen-bond acceptors (Lipinski definition) is 4. The number of aliphatic hydroxyl groups excluding tert-OH is 1. The molecule has 1 saturated heterocycles. The first-order chi connectivity index (χ1) is 10.1. The van der Waals surface area contributed by atoms with Crippen LogP contribution in [0, 0.1) is 0 Å². The van der Waals surface area contributed by atoms with Gasteiger partial charge >= 0.3 is 0 Å². The maximum absolute atomic E-state index is 12.3. The predicted octanol–water partition coefficient (Wildman–Crippen LogP) is -2.50. The predicted molar refractivity (Wildman–Crippen MR) is 78.7 cm³/mol. The first kappa shape index (κ1) is 16.2. The van der Waals surface area contributed by atoms with Gasteiger partial charge in [-0.3, -0.25) is 0 Å². The summed E-state index contributed by atoms with van der Waals surface area (Å²) < 4.78 is 27.1. The van der Waals surface area contributed by atoms with E-state index in [2.05, 4.69) is 14.6 Å². The van der Waals surface area contributed by atoms with E-state index in [-0.39, 0.29) is 11.5 Å². The molecule has 1 aromatic rings. The van der Waals surface area contributed by atoms with Crippen LogP contribution in [0.4, 0.5) is 5.82 Å². The van der Waals surface area contributed by atoms with Crippen LogP contribution in [0.25, 0.3) is 0 Å². The molecule has 0 spiro atoms. The lowest BCUT2D eigenvalue weighted by Gasteiger charge is -2.28. The number of nitrogens with zero attached hydrogens (tertiary/aromatic N) is 1. The van der Waals surface area contributed by atoms with E-state index in [4.69, 9.17) is 5.11 Å². The van der Waals surface area contributed by atoms with E-state index in [1.165, 1.54) is 4.90 Å². The van der Waals surface area contributed by atoms with Gasteiger partial charge in [-0.15, -0.1) is 0 Å². The minimum absolute atomic E-state index is 0.187. The van der Waals surface area contributed by atoms with Gasteiger partial charge in [-0.1, -0.05) is 6.92 Å². The van der Waals surface area contributed by atoms with E-state index in [9.17, 15) is 8.42 Å². The molecule has 0 amide bonds. The van der Waals surface area contributed by atoms with Crippen molar-refractivity contribution in [3.63, 3.8) is 0 Å². The Bertz CT molecular complexity index is 556. The van der Waals surface area contributed by atoms with Crippen molar-refractivity contribution in [2.24, 2.45) is 0 Å². The number of nitrogens with one attached hydrogen (secondary N) is 3. The number of anilines is 1. The molecule has 0 bridgehead atoms. The first-order valence-corrected chi connectivity index (χ1v) is 8.76. The fourth-order valence-electron chi connectivity index (χ4n) is 2.60. The molecule has 1 aromatic heterocycles. The molecule has 8 heteroatoms. The summed E-state index contributed by atoms with van der Waals surface area (Å²) in [5.41, 5.74) is 0. The summed E-state index contributed by atoms with van der Waals surface area (Å²) >= 11 is 0. The molecule has 0 aromatic carbocycles. The molecule has 2 heterocycles. The lowest BCUT2D eigenvalue weighted by molar-refractivity contribution is -0.901. The topological polar surface area (TPSA) is 88.2 Å². The molecule has 1 aliphatic rings. The highest BCUT2D eigenvalue weighted by molar-refractivity contribution is 7.89. The SMILES string of the molecule is CCNS(=O)(=O)c1ccc[nH+]c1N1CC[NH+](CCO)CC1. The molecular formula is C13H24N4O3S+2. The molecule has 0 unspecified atom stereocenters. The summed E-state index contributed by atoms with van der Waals surface area (Å²) in [5.74, 6) is 0.640. The number of aliphatic hydroxyl groups is 1. The maximum atomic E-state index is 12.3. The van der Waals surface area contributed by atoms with E-state index in [0.717, 1.165) is 32.7 Å².